The van der Waals surface area contributed by atoms with Gasteiger partial charge in [-0.3, -0.25) is 0 Å². The molecule has 3 nitrogen and oxygen atoms in total. The van der Waals surface area contributed by atoms with Gasteiger partial charge in [-0.15, -0.1) is 0 Å². The van der Waals surface area contributed by atoms with Crippen LogP contribution in [0.5, 0.6) is 0 Å². The zero-order chi connectivity index (χ0) is 18.4. The van der Waals surface area contributed by atoms with E-state index in [0.29, 0.717) is 5.56 Å². The molecule has 3 heteroatoms. The third-order valence-corrected chi connectivity index (χ3v) is 5.63. The fourth-order valence-electron chi connectivity index (χ4n) is 4.05. The number of rotatable bonds is 3. The van der Waals surface area contributed by atoms with Gasteiger partial charge in [-0.05, 0) is 63.6 Å². The molecule has 2 N–H and O–H groups in total. The Morgan fingerprint density at radius 3 is 2.32 bits per heavy atom. The average molecular weight is 338 g/mol. The number of hydrogen-bond donors (Lipinski definition) is 2. The van der Waals surface area contributed by atoms with Gasteiger partial charge in [0.15, 0.2) is 0 Å². The van der Waals surface area contributed by atoms with Crippen LogP contribution in [0.25, 0.3) is 11.1 Å². The maximum absolute atomic E-state index is 11.8. The lowest BCUT2D eigenvalue weighted by atomic mass is 9.61. The van der Waals surface area contributed by atoms with Gasteiger partial charge in [-0.25, -0.2) is 4.79 Å². The number of benzene rings is 2. The largest absolute Gasteiger partial charge is 0.478 e. The predicted octanol–water partition coefficient (Wildman–Crippen LogP) is 4.89. The average Bonchev–Trinajstić information content (AvgIpc) is 2.58. The van der Waals surface area contributed by atoms with Crippen LogP contribution in [0.3, 0.4) is 0 Å². The van der Waals surface area contributed by atoms with Crippen LogP contribution in [0, 0.1) is 0 Å². The first-order valence-electron chi connectivity index (χ1n) is 8.79. The highest BCUT2D eigenvalue weighted by atomic mass is 16.4. The predicted molar refractivity (Wildman–Crippen MR) is 100 cm³/mol. The minimum atomic E-state index is -0.940. The van der Waals surface area contributed by atoms with E-state index in [1.54, 1.807) is 12.1 Å². The highest BCUT2D eigenvalue weighted by Gasteiger charge is 2.39. The van der Waals surface area contributed by atoms with Crippen molar-refractivity contribution in [2.45, 2.75) is 58.0 Å². The molecule has 0 aliphatic heterocycles. The zero-order valence-electron chi connectivity index (χ0n) is 15.4. The lowest BCUT2D eigenvalue weighted by Crippen LogP contribution is -2.34. The molecule has 0 saturated heterocycles. The van der Waals surface area contributed by atoms with Gasteiger partial charge >= 0.3 is 5.97 Å². The van der Waals surface area contributed by atoms with Crippen molar-refractivity contribution < 1.29 is 15.0 Å². The summed E-state index contributed by atoms with van der Waals surface area (Å²) in [6, 6.07) is 11.3. The molecule has 3 rings (SSSR count). The minimum absolute atomic E-state index is 0.0214. The minimum Gasteiger partial charge on any atom is -0.478 e. The maximum atomic E-state index is 11.8. The molecule has 0 unspecified atom stereocenters. The van der Waals surface area contributed by atoms with Gasteiger partial charge in [0.25, 0.3) is 0 Å². The summed E-state index contributed by atoms with van der Waals surface area (Å²) in [7, 11) is 0. The molecule has 0 saturated carbocycles. The highest BCUT2D eigenvalue weighted by Crippen LogP contribution is 2.49. The molecule has 0 radical (unpaired) electrons. The molecular formula is C22H26O3. The molecule has 2 aromatic rings. The van der Waals surface area contributed by atoms with Crippen molar-refractivity contribution in [3.63, 3.8) is 0 Å². The summed E-state index contributed by atoms with van der Waals surface area (Å²) >= 11 is 0. The van der Waals surface area contributed by atoms with Crippen molar-refractivity contribution >= 4 is 5.97 Å². The van der Waals surface area contributed by atoms with E-state index in [2.05, 4.69) is 33.8 Å². The van der Waals surface area contributed by atoms with Crippen LogP contribution in [0.4, 0.5) is 0 Å². The third-order valence-electron chi connectivity index (χ3n) is 5.63. The van der Waals surface area contributed by atoms with Crippen molar-refractivity contribution in [2.24, 2.45) is 0 Å². The van der Waals surface area contributed by atoms with Crippen LogP contribution >= 0.6 is 0 Å². The standard InChI is InChI=1S/C22H26O3/c1-21(2)10-11-22(3,4)19-15(6-5-7-18(19)21)17-12-14(13-23)8-9-16(17)20(24)25/h5-9,12,23H,10-11,13H2,1-4H3,(H,24,25). The van der Waals surface area contributed by atoms with E-state index in [1.807, 2.05) is 18.2 Å². The molecule has 1 aliphatic carbocycles. The first kappa shape index (κ1) is 17.7. The van der Waals surface area contributed by atoms with Gasteiger partial charge in [0.05, 0.1) is 12.2 Å². The molecule has 0 amide bonds. The van der Waals surface area contributed by atoms with Crippen LogP contribution in [-0.2, 0) is 17.4 Å². The molecule has 0 bridgehead atoms. The fourth-order valence-corrected chi connectivity index (χ4v) is 4.05. The molecule has 0 spiro atoms. The summed E-state index contributed by atoms with van der Waals surface area (Å²) in [4.78, 5) is 11.8. The normalized spacial score (nSPS) is 17.8. The number of aromatic carboxylic acids is 1. The molecule has 132 valence electrons. The van der Waals surface area contributed by atoms with E-state index < -0.39 is 5.97 Å². The lowest BCUT2D eigenvalue weighted by molar-refractivity contribution is 0.0697. The van der Waals surface area contributed by atoms with Gasteiger partial charge in [0, 0.05) is 0 Å². The SMILES string of the molecule is CC1(C)CCC(C)(C)c2c(-c3cc(CO)ccc3C(=O)O)cccc21. The number of carbonyl (C=O) groups is 1. The van der Waals surface area contributed by atoms with E-state index in [9.17, 15) is 15.0 Å². The van der Waals surface area contributed by atoms with E-state index in [-0.39, 0.29) is 23.0 Å². The topological polar surface area (TPSA) is 57.5 Å². The summed E-state index contributed by atoms with van der Waals surface area (Å²) in [6.45, 7) is 8.89. The maximum Gasteiger partial charge on any atom is 0.336 e. The zero-order valence-corrected chi connectivity index (χ0v) is 15.4. The summed E-state index contributed by atoms with van der Waals surface area (Å²) in [6.07, 6.45) is 2.17. The Morgan fingerprint density at radius 2 is 1.68 bits per heavy atom. The van der Waals surface area contributed by atoms with Gasteiger partial charge in [-0.1, -0.05) is 52.0 Å². The van der Waals surface area contributed by atoms with E-state index in [4.69, 9.17) is 0 Å². The number of hydrogen-bond acceptors (Lipinski definition) is 2. The molecule has 0 fully saturated rings. The Hall–Kier alpha value is -2.13. The van der Waals surface area contributed by atoms with Gasteiger partial charge in [0.1, 0.15) is 0 Å². The third kappa shape index (κ3) is 2.98. The summed E-state index contributed by atoms with van der Waals surface area (Å²) in [5, 5.41) is 19.2. The quantitative estimate of drug-likeness (QED) is 0.837. The number of carboxylic acids is 1. The smallest absolute Gasteiger partial charge is 0.336 e. The van der Waals surface area contributed by atoms with Crippen molar-refractivity contribution in [3.8, 4) is 11.1 Å². The second-order valence-corrected chi connectivity index (χ2v) is 8.34. The molecule has 0 aromatic heterocycles. The Labute approximate surface area is 149 Å². The van der Waals surface area contributed by atoms with Crippen molar-refractivity contribution in [3.05, 3.63) is 58.7 Å². The van der Waals surface area contributed by atoms with Gasteiger partial charge in [0.2, 0.25) is 0 Å². The molecule has 2 aromatic carbocycles. The van der Waals surface area contributed by atoms with Crippen molar-refractivity contribution in [1.29, 1.82) is 0 Å². The number of aliphatic hydroxyl groups is 1. The second-order valence-electron chi connectivity index (χ2n) is 8.34. The van der Waals surface area contributed by atoms with Crippen LogP contribution in [-0.4, -0.2) is 16.2 Å². The highest BCUT2D eigenvalue weighted by molar-refractivity contribution is 5.97. The summed E-state index contributed by atoms with van der Waals surface area (Å²) in [5.74, 6) is -0.940. The first-order valence-corrected chi connectivity index (χ1v) is 8.79. The van der Waals surface area contributed by atoms with Crippen molar-refractivity contribution in [2.75, 3.05) is 0 Å². The number of aliphatic hydroxyl groups excluding tert-OH is 1. The molecule has 0 atom stereocenters. The van der Waals surface area contributed by atoms with E-state index >= 15 is 0 Å². The Balaban J connectivity index is 2.36. The first-order chi connectivity index (χ1) is 11.7. The van der Waals surface area contributed by atoms with Gasteiger partial charge in [-0.2, -0.15) is 0 Å². The Morgan fingerprint density at radius 1 is 1.00 bits per heavy atom. The van der Waals surface area contributed by atoms with E-state index in [0.717, 1.165) is 24.0 Å². The molecule has 25 heavy (non-hydrogen) atoms. The van der Waals surface area contributed by atoms with Crippen LogP contribution in [0.15, 0.2) is 36.4 Å². The number of carboxylic acid groups (broad SMARTS) is 1. The Kier molecular flexibility index (Phi) is 4.24. The molecular weight excluding hydrogens is 312 g/mol. The van der Waals surface area contributed by atoms with Crippen LogP contribution in [0.2, 0.25) is 0 Å². The summed E-state index contributed by atoms with van der Waals surface area (Å²) in [5.41, 5.74) is 5.27. The van der Waals surface area contributed by atoms with Gasteiger partial charge < -0.3 is 10.2 Å². The molecule has 0 heterocycles. The van der Waals surface area contributed by atoms with Crippen LogP contribution < -0.4 is 0 Å². The monoisotopic (exact) mass is 338 g/mol. The molecule has 1 aliphatic rings. The Bertz CT molecular complexity index is 831. The van der Waals surface area contributed by atoms with E-state index in [1.165, 1.54) is 11.1 Å². The fraction of sp³-hybridized carbons (Fsp3) is 0.409. The second kappa shape index (κ2) is 5.99. The summed E-state index contributed by atoms with van der Waals surface area (Å²) < 4.78 is 0. The van der Waals surface area contributed by atoms with Crippen LogP contribution in [0.1, 0.15) is 67.6 Å². The van der Waals surface area contributed by atoms with Crippen molar-refractivity contribution in [1.82, 2.24) is 0 Å². The number of fused-ring (bicyclic) bond motifs is 1. The lowest BCUT2D eigenvalue weighted by Gasteiger charge is -2.43.